The van der Waals surface area contributed by atoms with Crippen LogP contribution in [0.4, 0.5) is 5.69 Å². The third kappa shape index (κ3) is 3.59. The molecule has 0 aliphatic rings. The zero-order chi connectivity index (χ0) is 15.2. The van der Waals surface area contributed by atoms with Crippen molar-refractivity contribution in [2.75, 3.05) is 11.1 Å². The maximum Gasteiger partial charge on any atom is 0.102 e. The van der Waals surface area contributed by atoms with E-state index in [2.05, 4.69) is 50.4 Å². The van der Waals surface area contributed by atoms with Crippen LogP contribution >= 0.6 is 11.8 Å². The Bertz CT molecular complexity index is 659. The first-order valence-electron chi connectivity index (χ1n) is 7.15. The molecule has 2 aromatic carbocycles. The lowest BCUT2D eigenvalue weighted by Gasteiger charge is -2.19. The minimum absolute atomic E-state index is 0.167. The van der Waals surface area contributed by atoms with E-state index in [9.17, 15) is 5.26 Å². The molecule has 1 N–H and O–H groups in total. The summed E-state index contributed by atoms with van der Waals surface area (Å²) < 4.78 is 0. The number of aryl methyl sites for hydroxylation is 1. The van der Waals surface area contributed by atoms with Gasteiger partial charge in [0.15, 0.2) is 0 Å². The molecule has 21 heavy (non-hydrogen) atoms. The first kappa shape index (κ1) is 15.5. The molecule has 1 unspecified atom stereocenters. The van der Waals surface area contributed by atoms with Crippen LogP contribution in [0, 0.1) is 18.3 Å². The van der Waals surface area contributed by atoms with Crippen molar-refractivity contribution < 1.29 is 0 Å². The lowest BCUT2D eigenvalue weighted by atomic mass is 10.0. The molecule has 0 spiro atoms. The summed E-state index contributed by atoms with van der Waals surface area (Å²) in [4.78, 5) is 1.04. The van der Waals surface area contributed by atoms with Gasteiger partial charge in [0, 0.05) is 10.9 Å². The number of nitrogens with one attached hydrogen (secondary N) is 1. The molecule has 2 nitrogen and oxygen atoms in total. The van der Waals surface area contributed by atoms with E-state index in [1.54, 1.807) is 11.8 Å². The van der Waals surface area contributed by atoms with Crippen molar-refractivity contribution >= 4 is 17.4 Å². The van der Waals surface area contributed by atoms with Crippen LogP contribution < -0.4 is 5.32 Å². The fourth-order valence-corrected chi connectivity index (χ4v) is 3.21. The summed E-state index contributed by atoms with van der Waals surface area (Å²) in [5.41, 5.74) is 4.17. The van der Waals surface area contributed by atoms with Crippen molar-refractivity contribution in [1.82, 2.24) is 0 Å². The summed E-state index contributed by atoms with van der Waals surface area (Å²) in [6, 6.07) is 16.8. The maximum absolute atomic E-state index is 9.46. The number of hydrogen-bond donors (Lipinski definition) is 1. The van der Waals surface area contributed by atoms with E-state index in [0.29, 0.717) is 0 Å². The van der Waals surface area contributed by atoms with E-state index in [0.717, 1.165) is 21.9 Å². The first-order valence-corrected chi connectivity index (χ1v) is 8.14. The maximum atomic E-state index is 9.46. The smallest absolute Gasteiger partial charge is 0.102 e. The van der Waals surface area contributed by atoms with Gasteiger partial charge >= 0.3 is 0 Å². The number of anilines is 1. The van der Waals surface area contributed by atoms with Crippen molar-refractivity contribution in [3.8, 4) is 6.07 Å². The Morgan fingerprint density at radius 2 is 1.95 bits per heavy atom. The van der Waals surface area contributed by atoms with Crippen LogP contribution in [-0.2, 0) is 0 Å². The molecule has 2 aromatic rings. The van der Waals surface area contributed by atoms with Gasteiger partial charge < -0.3 is 5.32 Å². The summed E-state index contributed by atoms with van der Waals surface area (Å²) >= 11 is 1.70. The van der Waals surface area contributed by atoms with Crippen molar-refractivity contribution in [3.05, 3.63) is 59.2 Å². The Kier molecular flexibility index (Phi) is 5.30. The van der Waals surface area contributed by atoms with Crippen LogP contribution in [0.3, 0.4) is 0 Å². The van der Waals surface area contributed by atoms with Gasteiger partial charge in [-0.2, -0.15) is 5.26 Å². The van der Waals surface area contributed by atoms with E-state index >= 15 is 0 Å². The molecule has 0 aliphatic carbocycles. The summed E-state index contributed by atoms with van der Waals surface area (Å²) in [5, 5.41) is 12.9. The lowest BCUT2D eigenvalue weighted by Crippen LogP contribution is -2.09. The number of rotatable bonds is 5. The first-order chi connectivity index (χ1) is 10.2. The number of hydrogen-bond acceptors (Lipinski definition) is 3. The Labute approximate surface area is 131 Å². The lowest BCUT2D eigenvalue weighted by molar-refractivity contribution is 0.872. The van der Waals surface area contributed by atoms with Crippen LogP contribution in [0.2, 0.25) is 0 Å². The highest BCUT2D eigenvalue weighted by Gasteiger charge is 2.12. The highest BCUT2D eigenvalue weighted by molar-refractivity contribution is 7.99. The third-order valence-corrected chi connectivity index (χ3v) is 4.40. The molecule has 0 heterocycles. The second kappa shape index (κ2) is 7.19. The van der Waals surface area contributed by atoms with Gasteiger partial charge in [-0.05, 0) is 42.9 Å². The quantitative estimate of drug-likeness (QED) is 0.775. The molecule has 2 rings (SSSR count). The normalized spacial score (nSPS) is 11.7. The largest absolute Gasteiger partial charge is 0.377 e. The topological polar surface area (TPSA) is 35.8 Å². The Morgan fingerprint density at radius 1 is 1.19 bits per heavy atom. The predicted molar refractivity (Wildman–Crippen MR) is 90.8 cm³/mol. The molecule has 3 heteroatoms. The zero-order valence-corrected chi connectivity index (χ0v) is 13.5. The Hall–Kier alpha value is -1.92. The predicted octanol–water partition coefficient (Wildman–Crippen LogP) is 5.15. The zero-order valence-electron chi connectivity index (χ0n) is 12.7. The standard InChI is InChI=1S/C18H20N2S/c1-4-21-18-11-7-10-17(16(18)12-19)20-14(3)15-9-6-5-8-13(15)2/h5-11,14,20H,4H2,1-3H3. The van der Waals surface area contributed by atoms with Gasteiger partial charge in [0.05, 0.1) is 11.3 Å². The summed E-state index contributed by atoms with van der Waals surface area (Å²) in [6.07, 6.45) is 0. The number of thioether (sulfide) groups is 1. The van der Waals surface area contributed by atoms with Gasteiger partial charge in [-0.15, -0.1) is 11.8 Å². The van der Waals surface area contributed by atoms with Crippen molar-refractivity contribution in [2.45, 2.75) is 31.7 Å². The summed E-state index contributed by atoms with van der Waals surface area (Å²) in [7, 11) is 0. The molecule has 108 valence electrons. The van der Waals surface area contributed by atoms with Gasteiger partial charge in [0.1, 0.15) is 6.07 Å². The fourth-order valence-electron chi connectivity index (χ4n) is 2.43. The van der Waals surface area contributed by atoms with Crippen LogP contribution in [0.5, 0.6) is 0 Å². The second-order valence-corrected chi connectivity index (χ2v) is 6.25. The molecule has 0 fully saturated rings. The minimum Gasteiger partial charge on any atom is -0.377 e. The van der Waals surface area contributed by atoms with Crippen LogP contribution in [-0.4, -0.2) is 5.75 Å². The Morgan fingerprint density at radius 3 is 2.62 bits per heavy atom. The average molecular weight is 296 g/mol. The van der Waals surface area contributed by atoms with Crippen LogP contribution in [0.15, 0.2) is 47.4 Å². The molecule has 0 radical (unpaired) electrons. The highest BCUT2D eigenvalue weighted by atomic mass is 32.2. The molecule has 1 atom stereocenters. The minimum atomic E-state index is 0.167. The summed E-state index contributed by atoms with van der Waals surface area (Å²) in [5.74, 6) is 0.964. The average Bonchev–Trinajstić information content (AvgIpc) is 2.48. The van der Waals surface area contributed by atoms with Gasteiger partial charge in [-0.25, -0.2) is 0 Å². The number of nitrogens with zero attached hydrogens (tertiary/aromatic N) is 1. The van der Waals surface area contributed by atoms with Gasteiger partial charge in [0.2, 0.25) is 0 Å². The van der Waals surface area contributed by atoms with Crippen molar-refractivity contribution in [3.63, 3.8) is 0 Å². The van der Waals surface area contributed by atoms with Gasteiger partial charge in [-0.1, -0.05) is 37.3 Å². The molecular formula is C18H20N2S. The highest BCUT2D eigenvalue weighted by Crippen LogP contribution is 2.30. The van der Waals surface area contributed by atoms with E-state index in [-0.39, 0.29) is 6.04 Å². The van der Waals surface area contributed by atoms with E-state index in [1.807, 2.05) is 24.3 Å². The van der Waals surface area contributed by atoms with E-state index in [1.165, 1.54) is 11.1 Å². The van der Waals surface area contributed by atoms with Crippen LogP contribution in [0.1, 0.15) is 36.6 Å². The molecular weight excluding hydrogens is 276 g/mol. The SMILES string of the molecule is CCSc1cccc(NC(C)c2ccccc2C)c1C#N. The molecule has 0 bridgehead atoms. The molecule has 0 aliphatic heterocycles. The Balaban J connectivity index is 2.30. The van der Waals surface area contributed by atoms with Crippen molar-refractivity contribution in [2.24, 2.45) is 0 Å². The van der Waals surface area contributed by atoms with Crippen molar-refractivity contribution in [1.29, 1.82) is 5.26 Å². The third-order valence-electron chi connectivity index (χ3n) is 3.46. The van der Waals surface area contributed by atoms with E-state index in [4.69, 9.17) is 0 Å². The summed E-state index contributed by atoms with van der Waals surface area (Å²) in [6.45, 7) is 6.34. The number of nitriles is 1. The number of benzene rings is 2. The molecule has 0 amide bonds. The monoisotopic (exact) mass is 296 g/mol. The molecule has 0 saturated carbocycles. The molecule has 0 saturated heterocycles. The van der Waals surface area contributed by atoms with Crippen LogP contribution in [0.25, 0.3) is 0 Å². The molecule has 0 aromatic heterocycles. The van der Waals surface area contributed by atoms with E-state index < -0.39 is 0 Å². The fraction of sp³-hybridized carbons (Fsp3) is 0.278. The van der Waals surface area contributed by atoms with Gasteiger partial charge in [0.25, 0.3) is 0 Å². The second-order valence-electron chi connectivity index (χ2n) is 4.95. The van der Waals surface area contributed by atoms with Gasteiger partial charge in [-0.3, -0.25) is 0 Å².